The van der Waals surface area contributed by atoms with Crippen molar-refractivity contribution in [2.45, 2.75) is 23.7 Å². The van der Waals surface area contributed by atoms with Crippen LogP contribution in [0, 0.1) is 46.5 Å². The van der Waals surface area contributed by atoms with E-state index in [1.807, 2.05) is 0 Å². The topological polar surface area (TPSA) is 0 Å². The highest BCUT2D eigenvalue weighted by atomic mass is 19.2. The van der Waals surface area contributed by atoms with Gasteiger partial charge in [0.2, 0.25) is 0 Å². The van der Waals surface area contributed by atoms with Gasteiger partial charge in [-0.2, -0.15) is 0 Å². The number of hydrogen-bond acceptors (Lipinski definition) is 0. The fraction of sp³-hybridized carbons (Fsp3) is 0.0690. The van der Waals surface area contributed by atoms with Gasteiger partial charge in [0.05, 0.1) is 0 Å². The molecule has 0 amide bonds. The predicted molar refractivity (Wildman–Crippen MR) is 243 cm³/mol. The van der Waals surface area contributed by atoms with Gasteiger partial charge in [0.25, 0.3) is 0 Å². The maximum atomic E-state index is 15.1. The fourth-order valence-corrected chi connectivity index (χ4v) is 10.1. The second-order valence-electron chi connectivity index (χ2n) is 16.5. The summed E-state index contributed by atoms with van der Waals surface area (Å²) < 4.78 is 120. The van der Waals surface area contributed by atoms with Crippen molar-refractivity contribution in [2.75, 3.05) is 0 Å². The molecule has 324 valence electrons. The van der Waals surface area contributed by atoms with E-state index in [4.69, 9.17) is 0 Å². The Kier molecular flexibility index (Phi) is 11.2. The summed E-state index contributed by atoms with van der Waals surface area (Å²) in [5.74, 6) is -6.89. The third kappa shape index (κ3) is 7.87. The minimum absolute atomic E-state index is 0.487. The van der Waals surface area contributed by atoms with Crippen molar-refractivity contribution in [3.63, 3.8) is 0 Å². The maximum absolute atomic E-state index is 15.1. The lowest BCUT2D eigenvalue weighted by atomic mass is 9.72. The van der Waals surface area contributed by atoms with Gasteiger partial charge in [-0.05, 0) is 175 Å². The molecule has 8 heteroatoms. The monoisotopic (exact) mass is 884 g/mol. The van der Waals surface area contributed by atoms with E-state index in [1.165, 1.54) is 97.1 Å². The Morgan fingerprint density at radius 1 is 0.182 bits per heavy atom. The first-order valence-electron chi connectivity index (χ1n) is 21.3. The summed E-state index contributed by atoms with van der Waals surface area (Å²) in [7, 11) is 0. The van der Waals surface area contributed by atoms with Gasteiger partial charge >= 0.3 is 0 Å². The molecule has 8 aromatic carbocycles. The number of hydrogen-bond donors (Lipinski definition) is 0. The van der Waals surface area contributed by atoms with Crippen molar-refractivity contribution in [3.8, 4) is 0 Å². The molecule has 0 N–H and O–H groups in total. The van der Waals surface area contributed by atoms with Crippen LogP contribution in [0.15, 0.2) is 205 Å². The summed E-state index contributed by atoms with van der Waals surface area (Å²) in [5, 5.41) is 0. The van der Waals surface area contributed by atoms with Crippen LogP contribution in [0.2, 0.25) is 0 Å². The summed E-state index contributed by atoms with van der Waals surface area (Å²) in [4.78, 5) is 0. The average molecular weight is 885 g/mol. The average Bonchev–Trinajstić information content (AvgIpc) is 3.85. The van der Waals surface area contributed by atoms with Crippen molar-refractivity contribution in [2.24, 2.45) is 0 Å². The molecule has 4 unspecified atom stereocenters. The maximum Gasteiger partial charge on any atom is 0.123 e. The summed E-state index contributed by atoms with van der Waals surface area (Å²) >= 11 is 0. The molecule has 0 saturated heterocycles. The minimum atomic E-state index is -0.758. The number of allylic oxidation sites excluding steroid dienone is 6. The predicted octanol–water partition coefficient (Wildman–Crippen LogP) is 15.8. The normalized spacial score (nSPS) is 19.5. The van der Waals surface area contributed by atoms with Crippen LogP contribution < -0.4 is 0 Å². The summed E-state index contributed by atoms with van der Waals surface area (Å²) in [6.07, 6.45) is 0. The Bertz CT molecular complexity index is 2930. The smallest absolute Gasteiger partial charge is 0.123 e. The zero-order valence-corrected chi connectivity index (χ0v) is 34.8. The third-order valence-electron chi connectivity index (χ3n) is 12.8. The van der Waals surface area contributed by atoms with E-state index in [0.717, 1.165) is 0 Å². The zero-order chi connectivity index (χ0) is 45.6. The second kappa shape index (κ2) is 17.4. The van der Waals surface area contributed by atoms with Gasteiger partial charge in [-0.1, -0.05) is 97.1 Å². The van der Waals surface area contributed by atoms with E-state index in [2.05, 4.69) is 0 Å². The van der Waals surface area contributed by atoms with E-state index in [9.17, 15) is 17.6 Å². The molecule has 0 aliphatic heterocycles. The molecule has 0 saturated carbocycles. The van der Waals surface area contributed by atoms with Gasteiger partial charge in [-0.25, -0.2) is 35.1 Å². The number of benzene rings is 8. The molecule has 2 aliphatic carbocycles. The van der Waals surface area contributed by atoms with Crippen molar-refractivity contribution < 1.29 is 35.1 Å². The molecule has 8 aromatic rings. The Labute approximate surface area is 376 Å². The lowest BCUT2D eigenvalue weighted by molar-refractivity contribution is 0.621. The van der Waals surface area contributed by atoms with E-state index >= 15 is 17.6 Å². The quantitative estimate of drug-likeness (QED) is 0.133. The Morgan fingerprint density at radius 2 is 0.348 bits per heavy atom. The lowest BCUT2D eigenvalue weighted by Crippen LogP contribution is -2.15. The summed E-state index contributed by atoms with van der Waals surface area (Å²) in [6, 6.07) is 48.0. The van der Waals surface area contributed by atoms with Crippen molar-refractivity contribution in [1.82, 2.24) is 0 Å². The Balaban J connectivity index is 1.47. The summed E-state index contributed by atoms with van der Waals surface area (Å²) in [6.45, 7) is 0. The van der Waals surface area contributed by atoms with Crippen LogP contribution in [-0.4, -0.2) is 0 Å². The van der Waals surface area contributed by atoms with Crippen LogP contribution in [0.5, 0.6) is 0 Å². The van der Waals surface area contributed by atoms with Crippen LogP contribution >= 0.6 is 0 Å². The first-order chi connectivity index (χ1) is 32.0. The van der Waals surface area contributed by atoms with E-state index in [0.29, 0.717) is 77.9 Å². The third-order valence-corrected chi connectivity index (χ3v) is 12.8. The van der Waals surface area contributed by atoms with Crippen LogP contribution in [0.4, 0.5) is 35.1 Å². The molecule has 0 spiro atoms. The SMILES string of the molecule is Fc1ccc(C2=C(c3ccc(F)cc3)C(c3ccc(F)cc3)C(c3ccc(F)cc3)/C2=C2\C(c3ccc(F)cc3)=C(c3ccc(F)cc3)C(c3ccc(F)cc3)C2c2ccc(F)cc2)cc1. The molecule has 0 fully saturated rings. The van der Waals surface area contributed by atoms with Crippen molar-refractivity contribution in [1.29, 1.82) is 0 Å². The molecule has 0 heterocycles. The highest BCUT2D eigenvalue weighted by Crippen LogP contribution is 2.67. The molecular weight excluding hydrogens is 849 g/mol. The molecule has 4 atom stereocenters. The molecule has 2 aliphatic rings. The molecule has 0 nitrogen and oxygen atoms in total. The molecule has 66 heavy (non-hydrogen) atoms. The summed E-state index contributed by atoms with van der Waals surface area (Å²) in [5.41, 5.74) is 8.69. The van der Waals surface area contributed by atoms with E-state index in [-0.39, 0.29) is 0 Å². The van der Waals surface area contributed by atoms with Gasteiger partial charge in [0, 0.05) is 23.7 Å². The zero-order valence-electron chi connectivity index (χ0n) is 34.8. The van der Waals surface area contributed by atoms with E-state index < -0.39 is 70.2 Å². The largest absolute Gasteiger partial charge is 0.207 e. The Hall–Kier alpha value is -7.58. The van der Waals surface area contributed by atoms with E-state index in [1.54, 1.807) is 97.1 Å². The molecule has 0 radical (unpaired) electrons. The van der Waals surface area contributed by atoms with Crippen molar-refractivity contribution in [3.05, 3.63) is 296 Å². The van der Waals surface area contributed by atoms with Crippen LogP contribution in [0.1, 0.15) is 68.2 Å². The van der Waals surface area contributed by atoms with Gasteiger partial charge in [-0.15, -0.1) is 0 Å². The molecule has 10 rings (SSSR count). The van der Waals surface area contributed by atoms with Gasteiger partial charge in [0.1, 0.15) is 46.5 Å². The minimum Gasteiger partial charge on any atom is -0.207 e. The van der Waals surface area contributed by atoms with Crippen LogP contribution in [-0.2, 0) is 0 Å². The van der Waals surface area contributed by atoms with Crippen LogP contribution in [0.25, 0.3) is 22.3 Å². The second-order valence-corrected chi connectivity index (χ2v) is 16.5. The van der Waals surface area contributed by atoms with Gasteiger partial charge < -0.3 is 0 Å². The highest BCUT2D eigenvalue weighted by Gasteiger charge is 2.49. The molecule has 0 aromatic heterocycles. The van der Waals surface area contributed by atoms with Crippen molar-refractivity contribution >= 4 is 22.3 Å². The number of rotatable bonds is 8. The van der Waals surface area contributed by atoms with Gasteiger partial charge in [0.15, 0.2) is 0 Å². The number of halogens is 8. The van der Waals surface area contributed by atoms with Gasteiger partial charge in [-0.3, -0.25) is 0 Å². The first kappa shape index (κ1) is 42.4. The highest BCUT2D eigenvalue weighted by molar-refractivity contribution is 6.13. The standard InChI is InChI=1S/C58H36F8/c59-41-17-1-33(2-18-41)49-50(34-3-19-42(60)20-4-34)54(38-11-27-46(64)28-12-38)57(53(49)37-9-25-45(63)26-10-37)58-55(39-13-29-47(65)30-14-39)51(35-5-21-43(61)22-6-35)52(36-7-23-44(62)24-8-36)56(58)40-15-31-48(66)32-16-40/h1-32,49,51,53,55H/b58-57+. The Morgan fingerprint density at radius 3 is 0.561 bits per heavy atom. The fourth-order valence-electron chi connectivity index (χ4n) is 10.1. The van der Waals surface area contributed by atoms with Crippen LogP contribution in [0.3, 0.4) is 0 Å². The molecular formula is C58H36F8. The lowest BCUT2D eigenvalue weighted by Gasteiger charge is -2.30. The molecule has 0 bridgehead atoms. The first-order valence-corrected chi connectivity index (χ1v) is 21.3.